The topological polar surface area (TPSA) is 92.6 Å². The average Bonchev–Trinajstić information content (AvgIpc) is 3.23. The lowest BCUT2D eigenvalue weighted by Gasteiger charge is -2.22. The van der Waals surface area contributed by atoms with Crippen LogP contribution in [0.4, 0.5) is 26.0 Å². The molecular weight excluding hydrogens is 518 g/mol. The molecule has 0 radical (unpaired) electrons. The Labute approximate surface area is 230 Å². The Morgan fingerprint density at radius 2 is 1.88 bits per heavy atom. The molecular formula is C29H30F2N6O3. The van der Waals surface area contributed by atoms with Crippen LogP contribution in [0.5, 0.6) is 5.75 Å². The number of nitrogens with zero attached hydrogens (tertiary/aromatic N) is 5. The minimum Gasteiger partial charge on any atom is -0.486 e. The maximum absolute atomic E-state index is 14.3. The van der Waals surface area contributed by atoms with Crippen LogP contribution >= 0.6 is 0 Å². The molecule has 1 aliphatic heterocycles. The summed E-state index contributed by atoms with van der Waals surface area (Å²) in [5.41, 5.74) is 2.34. The monoisotopic (exact) mass is 548 g/mol. The van der Waals surface area contributed by atoms with Gasteiger partial charge in [-0.3, -0.25) is 9.59 Å². The molecule has 40 heavy (non-hydrogen) atoms. The summed E-state index contributed by atoms with van der Waals surface area (Å²) in [6.07, 6.45) is 1.60. The van der Waals surface area contributed by atoms with Gasteiger partial charge in [-0.2, -0.15) is 8.78 Å². The van der Waals surface area contributed by atoms with E-state index >= 15 is 0 Å². The number of nitrogens with one attached hydrogen (secondary N) is 1. The Morgan fingerprint density at radius 3 is 2.60 bits per heavy atom. The summed E-state index contributed by atoms with van der Waals surface area (Å²) in [7, 11) is 5.12. The molecule has 208 valence electrons. The Kier molecular flexibility index (Phi) is 6.91. The van der Waals surface area contributed by atoms with Crippen molar-refractivity contribution in [1.82, 2.24) is 19.4 Å². The molecule has 0 bridgehead atoms. The molecule has 1 N–H and O–H groups in total. The molecule has 9 nitrogen and oxygen atoms in total. The zero-order chi connectivity index (χ0) is 28.8. The Hall–Kier alpha value is -4.54. The van der Waals surface area contributed by atoms with Crippen LogP contribution in [0.25, 0.3) is 10.9 Å². The second-order valence-electron chi connectivity index (χ2n) is 10.1. The third kappa shape index (κ3) is 5.06. The van der Waals surface area contributed by atoms with Gasteiger partial charge >= 0.3 is 5.92 Å². The van der Waals surface area contributed by atoms with Crippen molar-refractivity contribution in [2.75, 3.05) is 38.0 Å². The number of likely N-dealkylation sites (N-methyl/N-ethyl adjacent to an activating group) is 1. The lowest BCUT2D eigenvalue weighted by Crippen LogP contribution is -2.31. The second-order valence-corrected chi connectivity index (χ2v) is 10.1. The number of alkyl halides is 2. The molecule has 0 unspecified atom stereocenters. The number of benzene rings is 2. The van der Waals surface area contributed by atoms with E-state index in [1.54, 1.807) is 45.4 Å². The number of anilines is 3. The first-order chi connectivity index (χ1) is 18.9. The SMILES string of the molecule is Cc1nc(N[C@H](C)c2cccc3c2OCC3(F)F)c2cc(N(C)c3ccn(CC(=O)N(C)C)c(=O)c3)ccc2n1. The highest BCUT2D eigenvalue weighted by Crippen LogP contribution is 2.45. The Bertz CT molecular complexity index is 1670. The summed E-state index contributed by atoms with van der Waals surface area (Å²) >= 11 is 0. The summed E-state index contributed by atoms with van der Waals surface area (Å²) in [5.74, 6) is -1.90. The van der Waals surface area contributed by atoms with Crippen LogP contribution in [0.1, 0.15) is 29.9 Å². The molecule has 5 rings (SSSR count). The van der Waals surface area contributed by atoms with Crippen molar-refractivity contribution in [3.05, 3.63) is 82.0 Å². The largest absolute Gasteiger partial charge is 0.486 e. The van der Waals surface area contributed by atoms with Gasteiger partial charge in [0.2, 0.25) is 5.91 Å². The summed E-state index contributed by atoms with van der Waals surface area (Å²) in [6, 6.07) is 13.3. The molecule has 1 atom stereocenters. The number of aromatic nitrogens is 3. The number of halogens is 2. The first-order valence-electron chi connectivity index (χ1n) is 12.8. The van der Waals surface area contributed by atoms with Gasteiger partial charge in [-0.15, -0.1) is 0 Å². The number of carbonyl (C=O) groups excluding carboxylic acids is 1. The lowest BCUT2D eigenvalue weighted by atomic mass is 10.0. The number of hydrogen-bond donors (Lipinski definition) is 1. The lowest BCUT2D eigenvalue weighted by molar-refractivity contribution is -0.129. The van der Waals surface area contributed by atoms with Crippen LogP contribution in [0, 0.1) is 6.92 Å². The molecule has 1 aliphatic rings. The minimum atomic E-state index is -3.02. The molecule has 11 heteroatoms. The highest BCUT2D eigenvalue weighted by Gasteiger charge is 2.42. The first-order valence-corrected chi connectivity index (χ1v) is 12.8. The fraction of sp³-hybridized carbons (Fsp3) is 0.310. The minimum absolute atomic E-state index is 0.0387. The van der Waals surface area contributed by atoms with Gasteiger partial charge in [-0.25, -0.2) is 9.97 Å². The van der Waals surface area contributed by atoms with E-state index in [2.05, 4.69) is 15.3 Å². The second kappa shape index (κ2) is 10.2. The number of ether oxygens (including phenoxy) is 1. The highest BCUT2D eigenvalue weighted by molar-refractivity contribution is 5.92. The van der Waals surface area contributed by atoms with Crippen molar-refractivity contribution in [3.63, 3.8) is 0 Å². The molecule has 0 aliphatic carbocycles. The molecule has 1 amide bonds. The van der Waals surface area contributed by atoms with E-state index in [4.69, 9.17) is 4.74 Å². The number of rotatable bonds is 7. The van der Waals surface area contributed by atoms with Crippen LogP contribution in [0.3, 0.4) is 0 Å². The van der Waals surface area contributed by atoms with Gasteiger partial charge in [0.15, 0.2) is 6.61 Å². The third-order valence-corrected chi connectivity index (χ3v) is 7.01. The van der Waals surface area contributed by atoms with E-state index in [-0.39, 0.29) is 35.4 Å². The summed E-state index contributed by atoms with van der Waals surface area (Å²) < 4.78 is 35.3. The molecule has 2 aromatic heterocycles. The molecule has 0 fully saturated rings. The summed E-state index contributed by atoms with van der Waals surface area (Å²) in [4.78, 5) is 37.2. The normalized spacial score (nSPS) is 14.4. The molecule has 0 saturated carbocycles. The van der Waals surface area contributed by atoms with E-state index in [0.717, 1.165) is 11.1 Å². The smallest absolute Gasteiger partial charge is 0.310 e. The van der Waals surface area contributed by atoms with Gasteiger partial charge in [-0.05, 0) is 44.2 Å². The zero-order valence-electron chi connectivity index (χ0n) is 22.9. The Morgan fingerprint density at radius 1 is 1.12 bits per heavy atom. The molecule has 0 saturated heterocycles. The van der Waals surface area contributed by atoms with Crippen molar-refractivity contribution in [3.8, 4) is 5.75 Å². The van der Waals surface area contributed by atoms with E-state index in [1.807, 2.05) is 37.1 Å². The number of hydrogen-bond acceptors (Lipinski definition) is 7. The van der Waals surface area contributed by atoms with Crippen molar-refractivity contribution in [1.29, 1.82) is 0 Å². The van der Waals surface area contributed by atoms with Crippen molar-refractivity contribution in [2.45, 2.75) is 32.4 Å². The van der Waals surface area contributed by atoms with E-state index in [9.17, 15) is 18.4 Å². The quantitative estimate of drug-likeness (QED) is 0.361. The highest BCUT2D eigenvalue weighted by atomic mass is 19.3. The van der Waals surface area contributed by atoms with Gasteiger partial charge in [0, 0.05) is 55.7 Å². The van der Waals surface area contributed by atoms with Crippen molar-refractivity contribution < 1.29 is 18.3 Å². The first kappa shape index (κ1) is 27.0. The predicted molar refractivity (Wildman–Crippen MR) is 150 cm³/mol. The van der Waals surface area contributed by atoms with Crippen molar-refractivity contribution in [2.24, 2.45) is 0 Å². The van der Waals surface area contributed by atoms with Crippen LogP contribution in [0.15, 0.2) is 59.5 Å². The maximum Gasteiger partial charge on any atom is 0.310 e. The third-order valence-electron chi connectivity index (χ3n) is 7.01. The van der Waals surface area contributed by atoms with Crippen molar-refractivity contribution >= 4 is 34.0 Å². The van der Waals surface area contributed by atoms with Crippen LogP contribution in [0.2, 0.25) is 0 Å². The molecule has 2 aromatic carbocycles. The van der Waals surface area contributed by atoms with E-state index in [0.29, 0.717) is 28.4 Å². The van der Waals surface area contributed by atoms with E-state index < -0.39 is 12.5 Å². The number of carbonyl (C=O) groups is 1. The number of pyridine rings is 1. The maximum atomic E-state index is 14.3. The zero-order valence-corrected chi connectivity index (χ0v) is 22.9. The van der Waals surface area contributed by atoms with E-state index in [1.165, 1.54) is 21.6 Å². The standard InChI is InChI=1S/C29H30F2N6O3/c1-17(21-7-6-8-23-27(21)40-16-29(23,30)31)32-28-22-13-19(9-10-24(22)33-18(2)34-28)36(5)20-11-12-37(25(38)14-20)15-26(39)35(3)4/h6-14,17H,15-16H2,1-5H3,(H,32,33,34)/t17-/m1/s1. The number of amides is 1. The fourth-order valence-corrected chi connectivity index (χ4v) is 4.69. The molecule has 0 spiro atoms. The molecule has 3 heterocycles. The number of fused-ring (bicyclic) bond motifs is 2. The summed E-state index contributed by atoms with van der Waals surface area (Å²) in [6.45, 7) is 2.94. The molecule has 4 aromatic rings. The van der Waals surface area contributed by atoms with Gasteiger partial charge in [0.25, 0.3) is 5.56 Å². The van der Waals surface area contributed by atoms with Gasteiger partial charge < -0.3 is 24.4 Å². The fourth-order valence-electron chi connectivity index (χ4n) is 4.69. The summed E-state index contributed by atoms with van der Waals surface area (Å²) in [5, 5.41) is 4.09. The average molecular weight is 549 g/mol. The van der Waals surface area contributed by atoms with Crippen LogP contribution in [-0.2, 0) is 17.3 Å². The van der Waals surface area contributed by atoms with Gasteiger partial charge in [0.05, 0.1) is 17.1 Å². The van der Waals surface area contributed by atoms with Crippen LogP contribution in [-0.4, -0.2) is 53.1 Å². The predicted octanol–water partition coefficient (Wildman–Crippen LogP) is 4.61. The van der Waals surface area contributed by atoms with Gasteiger partial charge in [0.1, 0.15) is 23.9 Å². The van der Waals surface area contributed by atoms with Crippen LogP contribution < -0.4 is 20.5 Å². The van der Waals surface area contributed by atoms with Gasteiger partial charge in [-0.1, -0.05) is 12.1 Å². The Balaban J connectivity index is 1.46. The number of para-hydroxylation sites is 1. The number of aryl methyl sites for hydroxylation is 1.